The lowest BCUT2D eigenvalue weighted by Gasteiger charge is -2.34. The number of aromatic amines is 1. The van der Waals surface area contributed by atoms with Crippen molar-refractivity contribution >= 4 is 22.6 Å². The molecule has 0 radical (unpaired) electrons. The van der Waals surface area contributed by atoms with Gasteiger partial charge in [-0.15, -0.1) is 0 Å². The highest BCUT2D eigenvalue weighted by Crippen LogP contribution is 2.20. The first-order chi connectivity index (χ1) is 10.0. The number of rotatable bonds is 2. The van der Waals surface area contributed by atoms with Crippen LogP contribution in [0.4, 0.5) is 5.69 Å². The Labute approximate surface area is 123 Å². The molecule has 1 aromatic carbocycles. The molecule has 1 aliphatic rings. The molecule has 2 heterocycles. The van der Waals surface area contributed by atoms with Gasteiger partial charge in [0, 0.05) is 23.8 Å². The average Bonchev–Trinajstić information content (AvgIpc) is 2.88. The topological polar surface area (TPSA) is 95.8 Å². The average molecular weight is 287 g/mol. The number of hydrogen-bond donors (Lipinski definition) is 4. The summed E-state index contributed by atoms with van der Waals surface area (Å²) < 4.78 is 0. The van der Waals surface area contributed by atoms with E-state index in [0.29, 0.717) is 17.3 Å². The first-order valence-electron chi connectivity index (χ1n) is 7.34. The van der Waals surface area contributed by atoms with Gasteiger partial charge in [-0.1, -0.05) is 0 Å². The van der Waals surface area contributed by atoms with Gasteiger partial charge in [0.05, 0.1) is 22.9 Å². The lowest BCUT2D eigenvalue weighted by molar-refractivity contribution is 0.0915. The molecule has 5 N–H and O–H groups in total. The van der Waals surface area contributed by atoms with Crippen molar-refractivity contribution in [2.75, 3.05) is 5.73 Å². The van der Waals surface area contributed by atoms with Crippen LogP contribution in [-0.4, -0.2) is 34.0 Å². The zero-order chi connectivity index (χ0) is 15.0. The predicted octanol–water partition coefficient (Wildman–Crippen LogP) is 1.40. The molecule has 0 bridgehead atoms. The van der Waals surface area contributed by atoms with Gasteiger partial charge in [-0.05, 0) is 38.8 Å². The summed E-state index contributed by atoms with van der Waals surface area (Å²) in [5, 5.41) is 6.55. The van der Waals surface area contributed by atoms with Crippen LogP contribution in [0.2, 0.25) is 0 Å². The van der Waals surface area contributed by atoms with Gasteiger partial charge in [0.25, 0.3) is 5.91 Å². The number of hydrogen-bond acceptors (Lipinski definition) is 4. The minimum atomic E-state index is -0.128. The number of benzene rings is 1. The van der Waals surface area contributed by atoms with Gasteiger partial charge in [0.2, 0.25) is 0 Å². The Morgan fingerprint density at radius 2 is 2.19 bits per heavy atom. The van der Waals surface area contributed by atoms with Crippen LogP contribution in [0, 0.1) is 0 Å². The normalized spacial score (nSPS) is 25.9. The Morgan fingerprint density at radius 1 is 1.38 bits per heavy atom. The molecular formula is C15H21N5O. The Morgan fingerprint density at radius 3 is 2.95 bits per heavy atom. The van der Waals surface area contributed by atoms with E-state index in [1.165, 1.54) is 0 Å². The Balaban J connectivity index is 1.79. The highest BCUT2D eigenvalue weighted by molar-refractivity contribution is 6.02. The van der Waals surface area contributed by atoms with Crippen LogP contribution in [0.3, 0.4) is 0 Å². The number of nitrogen functional groups attached to an aromatic ring is 1. The molecular weight excluding hydrogens is 266 g/mol. The maximum Gasteiger partial charge on any atom is 0.253 e. The fourth-order valence-electron chi connectivity index (χ4n) is 2.97. The van der Waals surface area contributed by atoms with Crippen LogP contribution in [0.1, 0.15) is 37.0 Å². The number of amides is 1. The van der Waals surface area contributed by atoms with E-state index in [0.717, 1.165) is 23.9 Å². The zero-order valence-electron chi connectivity index (χ0n) is 12.3. The number of anilines is 1. The van der Waals surface area contributed by atoms with Crippen molar-refractivity contribution in [3.05, 3.63) is 24.0 Å². The van der Waals surface area contributed by atoms with Crippen molar-refractivity contribution in [1.82, 2.24) is 20.6 Å². The third-order valence-corrected chi connectivity index (χ3v) is 4.21. The molecule has 1 aromatic heterocycles. The van der Waals surface area contributed by atoms with Gasteiger partial charge in [0.1, 0.15) is 0 Å². The molecule has 0 aliphatic carbocycles. The first-order valence-corrected chi connectivity index (χ1v) is 7.34. The van der Waals surface area contributed by atoms with E-state index in [-0.39, 0.29) is 18.0 Å². The minimum Gasteiger partial charge on any atom is -0.398 e. The summed E-state index contributed by atoms with van der Waals surface area (Å²) in [6.07, 6.45) is 3.64. The number of nitrogens with two attached hydrogens (primary N) is 1. The number of H-pyrrole nitrogens is 1. The number of nitrogens with zero attached hydrogens (tertiary/aromatic N) is 1. The lowest BCUT2D eigenvalue weighted by Crippen LogP contribution is -2.54. The Bertz CT molecular complexity index is 665. The number of aromatic nitrogens is 2. The summed E-state index contributed by atoms with van der Waals surface area (Å²) in [5.41, 5.74) is 8.52. The molecule has 0 saturated carbocycles. The molecule has 2 aromatic rings. The SMILES string of the molecule is CC1CCC(NC(=O)c2cc3[nH]cnc3cc2N)C(C)N1. The van der Waals surface area contributed by atoms with E-state index in [4.69, 9.17) is 5.73 Å². The molecule has 1 aliphatic heterocycles. The number of carbonyl (C=O) groups is 1. The first kappa shape index (κ1) is 13.9. The van der Waals surface area contributed by atoms with E-state index in [2.05, 4.69) is 34.4 Å². The molecule has 3 unspecified atom stereocenters. The molecule has 6 heteroatoms. The fraction of sp³-hybridized carbons (Fsp3) is 0.467. The van der Waals surface area contributed by atoms with Crippen molar-refractivity contribution in [3.63, 3.8) is 0 Å². The minimum absolute atomic E-state index is 0.128. The summed E-state index contributed by atoms with van der Waals surface area (Å²) in [5.74, 6) is -0.128. The van der Waals surface area contributed by atoms with Gasteiger partial charge in [0.15, 0.2) is 0 Å². The van der Waals surface area contributed by atoms with Crippen molar-refractivity contribution in [2.24, 2.45) is 0 Å². The monoisotopic (exact) mass is 287 g/mol. The number of nitrogens with one attached hydrogen (secondary N) is 3. The predicted molar refractivity (Wildman–Crippen MR) is 83.1 cm³/mol. The smallest absolute Gasteiger partial charge is 0.253 e. The molecule has 0 spiro atoms. The van der Waals surface area contributed by atoms with Gasteiger partial charge >= 0.3 is 0 Å². The quantitative estimate of drug-likeness (QED) is 0.628. The van der Waals surface area contributed by atoms with Gasteiger partial charge in [-0.2, -0.15) is 0 Å². The fourth-order valence-corrected chi connectivity index (χ4v) is 2.97. The molecule has 6 nitrogen and oxygen atoms in total. The number of carbonyl (C=O) groups excluding carboxylic acids is 1. The Kier molecular flexibility index (Phi) is 3.55. The second-order valence-corrected chi connectivity index (χ2v) is 5.87. The van der Waals surface area contributed by atoms with Crippen molar-refractivity contribution in [1.29, 1.82) is 0 Å². The number of imidazole rings is 1. The summed E-state index contributed by atoms with van der Waals surface area (Å²) in [7, 11) is 0. The third-order valence-electron chi connectivity index (χ3n) is 4.21. The van der Waals surface area contributed by atoms with Crippen LogP contribution >= 0.6 is 0 Å². The maximum atomic E-state index is 12.5. The van der Waals surface area contributed by atoms with Crippen molar-refractivity contribution in [3.8, 4) is 0 Å². The van der Waals surface area contributed by atoms with Crippen LogP contribution in [0.5, 0.6) is 0 Å². The van der Waals surface area contributed by atoms with Crippen LogP contribution in [0.25, 0.3) is 11.0 Å². The van der Waals surface area contributed by atoms with Gasteiger partial charge in [-0.25, -0.2) is 4.98 Å². The summed E-state index contributed by atoms with van der Waals surface area (Å²) in [6.45, 7) is 4.26. The van der Waals surface area contributed by atoms with Crippen LogP contribution in [0.15, 0.2) is 18.5 Å². The largest absolute Gasteiger partial charge is 0.398 e. The summed E-state index contributed by atoms with van der Waals surface area (Å²) in [6, 6.07) is 4.38. The van der Waals surface area contributed by atoms with Crippen molar-refractivity contribution in [2.45, 2.75) is 44.8 Å². The van der Waals surface area contributed by atoms with E-state index in [1.54, 1.807) is 18.5 Å². The summed E-state index contributed by atoms with van der Waals surface area (Å²) >= 11 is 0. The number of fused-ring (bicyclic) bond motifs is 1. The van der Waals surface area contributed by atoms with E-state index in [1.807, 2.05) is 0 Å². The molecule has 1 saturated heterocycles. The van der Waals surface area contributed by atoms with Gasteiger partial charge in [-0.3, -0.25) is 4.79 Å². The van der Waals surface area contributed by atoms with E-state index < -0.39 is 0 Å². The van der Waals surface area contributed by atoms with Crippen LogP contribution < -0.4 is 16.4 Å². The maximum absolute atomic E-state index is 12.5. The van der Waals surface area contributed by atoms with Crippen LogP contribution in [-0.2, 0) is 0 Å². The second kappa shape index (κ2) is 5.37. The standard InChI is InChI=1S/C15H21N5O/c1-8-3-4-12(9(2)19-8)20-15(21)10-5-13-14(6-11(10)16)18-7-17-13/h5-9,12,19H,3-4,16H2,1-2H3,(H,17,18)(H,20,21). The number of piperidine rings is 1. The molecule has 3 atom stereocenters. The molecule has 112 valence electrons. The second-order valence-electron chi connectivity index (χ2n) is 5.87. The van der Waals surface area contributed by atoms with Crippen molar-refractivity contribution < 1.29 is 4.79 Å². The molecule has 3 rings (SSSR count). The zero-order valence-corrected chi connectivity index (χ0v) is 12.3. The van der Waals surface area contributed by atoms with Gasteiger partial charge < -0.3 is 21.4 Å². The summed E-state index contributed by atoms with van der Waals surface area (Å²) in [4.78, 5) is 19.6. The lowest BCUT2D eigenvalue weighted by atomic mass is 9.95. The molecule has 1 fully saturated rings. The Hall–Kier alpha value is -2.08. The molecule has 1 amide bonds. The highest BCUT2D eigenvalue weighted by Gasteiger charge is 2.26. The highest BCUT2D eigenvalue weighted by atomic mass is 16.1. The molecule has 21 heavy (non-hydrogen) atoms. The third kappa shape index (κ3) is 2.71. The van der Waals surface area contributed by atoms with E-state index in [9.17, 15) is 4.79 Å². The van der Waals surface area contributed by atoms with E-state index >= 15 is 0 Å².